The number of fused-ring (bicyclic) bond motifs is 1. The molecule has 0 amide bonds. The molecule has 4 rings (SSSR count). The number of likely N-dealkylation sites (tertiary alicyclic amines) is 1. The Balaban J connectivity index is 1.41. The van der Waals surface area contributed by atoms with Gasteiger partial charge in [-0.2, -0.15) is 0 Å². The molecule has 2 fully saturated rings. The van der Waals surface area contributed by atoms with Gasteiger partial charge in [-0.1, -0.05) is 24.3 Å². The lowest BCUT2D eigenvalue weighted by Gasteiger charge is -2.35. The highest BCUT2D eigenvalue weighted by atomic mass is 16.5. The van der Waals surface area contributed by atoms with E-state index in [4.69, 9.17) is 4.74 Å². The van der Waals surface area contributed by atoms with Crippen molar-refractivity contribution in [3.8, 4) is 0 Å². The van der Waals surface area contributed by atoms with Crippen LogP contribution in [0.15, 0.2) is 36.5 Å². The van der Waals surface area contributed by atoms with Gasteiger partial charge in [-0.05, 0) is 56.3 Å². The average Bonchev–Trinajstić information content (AvgIpc) is 3.10. The number of rotatable bonds is 3. The normalized spacial score (nSPS) is 24.1. The Kier molecular flexibility index (Phi) is 4.09. The van der Waals surface area contributed by atoms with Crippen LogP contribution >= 0.6 is 0 Å². The van der Waals surface area contributed by atoms with Gasteiger partial charge in [-0.25, -0.2) is 0 Å². The van der Waals surface area contributed by atoms with Crippen LogP contribution in [0.1, 0.15) is 24.8 Å². The maximum absolute atomic E-state index is 5.53. The Morgan fingerprint density at radius 3 is 2.77 bits per heavy atom. The summed E-state index contributed by atoms with van der Waals surface area (Å²) in [6.45, 7) is 4.36. The van der Waals surface area contributed by atoms with Crippen LogP contribution in [0.2, 0.25) is 0 Å². The van der Waals surface area contributed by atoms with E-state index in [1.165, 1.54) is 55.2 Å². The Morgan fingerprint density at radius 1 is 1.09 bits per heavy atom. The minimum absolute atomic E-state index is 0.681. The van der Waals surface area contributed by atoms with Crippen molar-refractivity contribution in [3.63, 3.8) is 0 Å². The van der Waals surface area contributed by atoms with E-state index in [0.29, 0.717) is 6.04 Å². The van der Waals surface area contributed by atoms with E-state index in [1.807, 2.05) is 12.3 Å². The molecule has 0 unspecified atom stereocenters. The van der Waals surface area contributed by atoms with Crippen molar-refractivity contribution >= 4 is 10.9 Å². The third-order valence-corrected chi connectivity index (χ3v) is 5.30. The van der Waals surface area contributed by atoms with Gasteiger partial charge in [0, 0.05) is 24.2 Å². The molecule has 3 nitrogen and oxygen atoms in total. The lowest BCUT2D eigenvalue weighted by atomic mass is 9.88. The fourth-order valence-electron chi connectivity index (χ4n) is 3.98. The zero-order valence-corrected chi connectivity index (χ0v) is 13.1. The highest BCUT2D eigenvalue weighted by Crippen LogP contribution is 2.27. The van der Waals surface area contributed by atoms with Crippen molar-refractivity contribution in [2.75, 3.05) is 26.3 Å². The molecule has 116 valence electrons. The third-order valence-electron chi connectivity index (χ3n) is 5.30. The molecule has 1 aromatic carbocycles. The van der Waals surface area contributed by atoms with E-state index in [9.17, 15) is 0 Å². The zero-order valence-electron chi connectivity index (χ0n) is 13.1. The van der Waals surface area contributed by atoms with Gasteiger partial charge in [0.15, 0.2) is 0 Å². The molecule has 0 radical (unpaired) electrons. The second kappa shape index (κ2) is 6.35. The fraction of sp³-hybridized carbons (Fsp3) is 0.526. The summed E-state index contributed by atoms with van der Waals surface area (Å²) in [4.78, 5) is 7.24. The maximum Gasteiger partial charge on any atom is 0.0733 e. The molecular formula is C19H24N2O. The molecular weight excluding hydrogens is 272 g/mol. The van der Waals surface area contributed by atoms with Gasteiger partial charge in [-0.3, -0.25) is 9.88 Å². The van der Waals surface area contributed by atoms with Gasteiger partial charge in [0.1, 0.15) is 0 Å². The first-order chi connectivity index (χ1) is 10.9. The summed E-state index contributed by atoms with van der Waals surface area (Å²) in [6.07, 6.45) is 6.91. The van der Waals surface area contributed by atoms with Gasteiger partial charge in [0.2, 0.25) is 0 Å². The van der Waals surface area contributed by atoms with Crippen LogP contribution in [-0.4, -0.2) is 42.2 Å². The van der Waals surface area contributed by atoms with Gasteiger partial charge < -0.3 is 4.74 Å². The second-order valence-corrected chi connectivity index (χ2v) is 6.69. The van der Waals surface area contributed by atoms with E-state index in [2.05, 4.69) is 34.1 Å². The lowest BCUT2D eigenvalue weighted by molar-refractivity contribution is 0.110. The number of hydrogen-bond donors (Lipinski definition) is 0. The van der Waals surface area contributed by atoms with Crippen LogP contribution in [0.4, 0.5) is 0 Å². The SMILES string of the molecule is c1cnc2c(CC3CCN([C@H]4CCOC4)CC3)cccc2c1. The molecule has 2 saturated heterocycles. The summed E-state index contributed by atoms with van der Waals surface area (Å²) in [5, 5.41) is 1.26. The molecule has 0 bridgehead atoms. The Labute approximate surface area is 132 Å². The highest BCUT2D eigenvalue weighted by Gasteiger charge is 2.27. The summed E-state index contributed by atoms with van der Waals surface area (Å²) in [5.74, 6) is 0.797. The van der Waals surface area contributed by atoms with E-state index in [1.54, 1.807) is 0 Å². The molecule has 0 saturated carbocycles. The predicted molar refractivity (Wildman–Crippen MR) is 89.0 cm³/mol. The van der Waals surface area contributed by atoms with E-state index in [-0.39, 0.29) is 0 Å². The summed E-state index contributed by atoms with van der Waals surface area (Å²) in [5.41, 5.74) is 2.61. The Hall–Kier alpha value is -1.45. The van der Waals surface area contributed by atoms with Crippen molar-refractivity contribution < 1.29 is 4.74 Å². The van der Waals surface area contributed by atoms with Gasteiger partial charge >= 0.3 is 0 Å². The van der Waals surface area contributed by atoms with E-state index in [0.717, 1.165) is 19.1 Å². The molecule has 1 aromatic heterocycles. The molecule has 0 spiro atoms. The van der Waals surface area contributed by atoms with Crippen LogP contribution < -0.4 is 0 Å². The number of benzene rings is 1. The molecule has 22 heavy (non-hydrogen) atoms. The number of piperidine rings is 1. The van der Waals surface area contributed by atoms with Gasteiger partial charge in [-0.15, -0.1) is 0 Å². The van der Waals surface area contributed by atoms with Crippen LogP contribution in [0, 0.1) is 5.92 Å². The number of pyridine rings is 1. The standard InChI is InChI=1S/C19H24N2O/c1-3-16-5-2-9-20-19(16)17(4-1)13-15-6-10-21(11-7-15)18-8-12-22-14-18/h1-5,9,15,18H,6-8,10-14H2/t18-/m0/s1. The zero-order chi connectivity index (χ0) is 14.8. The fourth-order valence-corrected chi connectivity index (χ4v) is 3.98. The summed E-state index contributed by atoms with van der Waals surface area (Å²) in [6, 6.07) is 11.5. The molecule has 3 heteroatoms. The average molecular weight is 296 g/mol. The molecule has 1 atom stereocenters. The molecule has 0 aliphatic carbocycles. The summed E-state index contributed by atoms with van der Waals surface area (Å²) >= 11 is 0. The predicted octanol–water partition coefficient (Wildman–Crippen LogP) is 3.28. The molecule has 0 N–H and O–H groups in total. The van der Waals surface area contributed by atoms with Crippen molar-refractivity contribution in [2.45, 2.75) is 31.7 Å². The molecule has 2 aromatic rings. The first-order valence-corrected chi connectivity index (χ1v) is 8.54. The van der Waals surface area contributed by atoms with Gasteiger partial charge in [0.05, 0.1) is 12.1 Å². The van der Waals surface area contributed by atoms with Crippen LogP contribution in [0.5, 0.6) is 0 Å². The molecule has 2 aliphatic heterocycles. The molecule has 2 aliphatic rings. The number of para-hydroxylation sites is 1. The first-order valence-electron chi connectivity index (χ1n) is 8.54. The van der Waals surface area contributed by atoms with E-state index < -0.39 is 0 Å². The number of hydrogen-bond acceptors (Lipinski definition) is 3. The van der Waals surface area contributed by atoms with Crippen LogP contribution in [0.25, 0.3) is 10.9 Å². The lowest BCUT2D eigenvalue weighted by Crippen LogP contribution is -2.42. The number of aromatic nitrogens is 1. The minimum Gasteiger partial charge on any atom is -0.380 e. The highest BCUT2D eigenvalue weighted by molar-refractivity contribution is 5.81. The maximum atomic E-state index is 5.53. The van der Waals surface area contributed by atoms with Crippen LogP contribution in [0.3, 0.4) is 0 Å². The molecule has 3 heterocycles. The minimum atomic E-state index is 0.681. The first kappa shape index (κ1) is 14.2. The van der Waals surface area contributed by atoms with Crippen LogP contribution in [-0.2, 0) is 11.2 Å². The smallest absolute Gasteiger partial charge is 0.0733 e. The topological polar surface area (TPSA) is 25.4 Å². The van der Waals surface area contributed by atoms with Crippen molar-refractivity contribution in [1.82, 2.24) is 9.88 Å². The van der Waals surface area contributed by atoms with Gasteiger partial charge in [0.25, 0.3) is 0 Å². The second-order valence-electron chi connectivity index (χ2n) is 6.69. The quantitative estimate of drug-likeness (QED) is 0.869. The van der Waals surface area contributed by atoms with Crippen molar-refractivity contribution in [1.29, 1.82) is 0 Å². The monoisotopic (exact) mass is 296 g/mol. The Morgan fingerprint density at radius 2 is 1.95 bits per heavy atom. The van der Waals surface area contributed by atoms with Crippen molar-refractivity contribution in [3.05, 3.63) is 42.1 Å². The van der Waals surface area contributed by atoms with Crippen molar-refractivity contribution in [2.24, 2.45) is 5.92 Å². The van der Waals surface area contributed by atoms with E-state index >= 15 is 0 Å². The summed E-state index contributed by atoms with van der Waals surface area (Å²) in [7, 11) is 0. The Bertz CT molecular complexity index is 623. The number of nitrogens with zero attached hydrogens (tertiary/aromatic N) is 2. The summed E-state index contributed by atoms with van der Waals surface area (Å²) < 4.78 is 5.53. The number of ether oxygens (including phenoxy) is 1. The third kappa shape index (κ3) is 2.88. The largest absolute Gasteiger partial charge is 0.380 e.